The highest BCUT2D eigenvalue weighted by Gasteiger charge is 2.43. The highest BCUT2D eigenvalue weighted by Crippen LogP contribution is 2.43. The molecule has 1 saturated carbocycles. The van der Waals surface area contributed by atoms with Crippen LogP contribution in [0.5, 0.6) is 11.5 Å². The number of methoxy groups -OCH3 is 1. The van der Waals surface area contributed by atoms with Crippen molar-refractivity contribution in [2.24, 2.45) is 0 Å². The summed E-state index contributed by atoms with van der Waals surface area (Å²) in [5.41, 5.74) is 0.662. The molecule has 1 atom stereocenters. The fraction of sp³-hybridized carbons (Fsp3) is 0.562. The zero-order chi connectivity index (χ0) is 14.0. The SMILES string of the molecule is COc1cc(C=O)ccc1OC1CCOC2(CCC2)C1. The molecule has 4 heteroatoms. The van der Waals surface area contributed by atoms with Crippen molar-refractivity contribution in [2.75, 3.05) is 13.7 Å². The largest absolute Gasteiger partial charge is 0.493 e. The smallest absolute Gasteiger partial charge is 0.161 e. The van der Waals surface area contributed by atoms with Crippen molar-refractivity contribution < 1.29 is 19.0 Å². The van der Waals surface area contributed by atoms with Gasteiger partial charge in [0.15, 0.2) is 11.5 Å². The molecule has 1 spiro atoms. The number of carbonyl (C=O) groups is 1. The number of aldehydes is 1. The Bertz CT molecular complexity index is 493. The topological polar surface area (TPSA) is 44.8 Å². The first-order valence-electron chi connectivity index (χ1n) is 7.18. The molecule has 1 aromatic carbocycles. The maximum atomic E-state index is 10.8. The quantitative estimate of drug-likeness (QED) is 0.793. The molecule has 4 nitrogen and oxygen atoms in total. The van der Waals surface area contributed by atoms with Crippen molar-refractivity contribution in [1.29, 1.82) is 0 Å². The van der Waals surface area contributed by atoms with Crippen LogP contribution in [-0.4, -0.2) is 31.7 Å². The molecule has 1 aliphatic heterocycles. The molecule has 2 aliphatic rings. The average molecular weight is 276 g/mol. The molecule has 0 amide bonds. The summed E-state index contributed by atoms with van der Waals surface area (Å²) in [5.74, 6) is 1.32. The molecule has 0 radical (unpaired) electrons. The van der Waals surface area contributed by atoms with E-state index in [4.69, 9.17) is 14.2 Å². The van der Waals surface area contributed by atoms with Gasteiger partial charge in [-0.2, -0.15) is 0 Å². The lowest BCUT2D eigenvalue weighted by Crippen LogP contribution is -2.48. The summed E-state index contributed by atoms with van der Waals surface area (Å²) >= 11 is 0. The summed E-state index contributed by atoms with van der Waals surface area (Å²) in [6.07, 6.45) is 6.38. The van der Waals surface area contributed by atoms with E-state index in [1.807, 2.05) is 6.07 Å². The second kappa shape index (κ2) is 5.44. The minimum absolute atomic E-state index is 0.0683. The van der Waals surface area contributed by atoms with Gasteiger partial charge in [-0.25, -0.2) is 0 Å². The number of carbonyl (C=O) groups excluding carboxylic acids is 1. The van der Waals surface area contributed by atoms with E-state index < -0.39 is 0 Å². The molecule has 0 aromatic heterocycles. The van der Waals surface area contributed by atoms with Crippen LogP contribution >= 0.6 is 0 Å². The van der Waals surface area contributed by atoms with E-state index in [9.17, 15) is 4.79 Å². The van der Waals surface area contributed by atoms with Crippen molar-refractivity contribution in [3.05, 3.63) is 23.8 Å². The van der Waals surface area contributed by atoms with Gasteiger partial charge in [0.2, 0.25) is 0 Å². The van der Waals surface area contributed by atoms with Gasteiger partial charge in [-0.3, -0.25) is 4.79 Å². The minimum atomic E-state index is 0.0683. The van der Waals surface area contributed by atoms with E-state index in [1.165, 1.54) is 6.42 Å². The number of hydrogen-bond donors (Lipinski definition) is 0. The van der Waals surface area contributed by atoms with E-state index in [-0.39, 0.29) is 11.7 Å². The Morgan fingerprint density at radius 3 is 2.85 bits per heavy atom. The zero-order valence-electron chi connectivity index (χ0n) is 11.8. The highest BCUT2D eigenvalue weighted by atomic mass is 16.5. The van der Waals surface area contributed by atoms with E-state index >= 15 is 0 Å². The van der Waals surface area contributed by atoms with Gasteiger partial charge in [-0.15, -0.1) is 0 Å². The van der Waals surface area contributed by atoms with Crippen LogP contribution in [-0.2, 0) is 4.74 Å². The van der Waals surface area contributed by atoms with Crippen LogP contribution in [0, 0.1) is 0 Å². The van der Waals surface area contributed by atoms with Gasteiger partial charge in [-0.05, 0) is 37.5 Å². The first kappa shape index (κ1) is 13.4. The van der Waals surface area contributed by atoms with Crippen LogP contribution in [0.15, 0.2) is 18.2 Å². The van der Waals surface area contributed by atoms with Gasteiger partial charge < -0.3 is 14.2 Å². The predicted octanol–water partition coefficient (Wildman–Crippen LogP) is 2.99. The maximum Gasteiger partial charge on any atom is 0.161 e. The highest BCUT2D eigenvalue weighted by molar-refractivity contribution is 5.76. The average Bonchev–Trinajstić information content (AvgIpc) is 2.46. The summed E-state index contributed by atoms with van der Waals surface area (Å²) in [6, 6.07) is 5.27. The monoisotopic (exact) mass is 276 g/mol. The third-order valence-corrected chi connectivity index (χ3v) is 4.33. The molecule has 108 valence electrons. The first-order valence-corrected chi connectivity index (χ1v) is 7.18. The summed E-state index contributed by atoms with van der Waals surface area (Å²) in [6.45, 7) is 0.763. The molecule has 2 fully saturated rings. The molecule has 1 aromatic rings. The fourth-order valence-electron chi connectivity index (χ4n) is 3.04. The molecular weight excluding hydrogens is 256 g/mol. The van der Waals surface area contributed by atoms with Crippen molar-refractivity contribution in [2.45, 2.75) is 43.8 Å². The Kier molecular flexibility index (Phi) is 3.66. The lowest BCUT2D eigenvalue weighted by molar-refractivity contribution is -0.153. The van der Waals surface area contributed by atoms with Crippen molar-refractivity contribution >= 4 is 6.29 Å². The molecule has 0 N–H and O–H groups in total. The second-order valence-electron chi connectivity index (χ2n) is 5.65. The molecule has 1 saturated heterocycles. The Morgan fingerprint density at radius 2 is 2.20 bits per heavy atom. The normalized spacial score (nSPS) is 23.9. The van der Waals surface area contributed by atoms with Gasteiger partial charge in [0.05, 0.1) is 19.3 Å². The number of hydrogen-bond acceptors (Lipinski definition) is 4. The van der Waals surface area contributed by atoms with E-state index in [0.29, 0.717) is 17.1 Å². The van der Waals surface area contributed by atoms with Gasteiger partial charge in [0.1, 0.15) is 12.4 Å². The van der Waals surface area contributed by atoms with Gasteiger partial charge in [0.25, 0.3) is 0 Å². The Hall–Kier alpha value is -1.55. The first-order chi connectivity index (χ1) is 9.74. The molecule has 1 aliphatic carbocycles. The van der Waals surface area contributed by atoms with E-state index in [0.717, 1.165) is 38.6 Å². The third kappa shape index (κ3) is 2.52. The minimum Gasteiger partial charge on any atom is -0.493 e. The third-order valence-electron chi connectivity index (χ3n) is 4.33. The Balaban J connectivity index is 1.72. The van der Waals surface area contributed by atoms with Crippen molar-refractivity contribution in [3.8, 4) is 11.5 Å². The summed E-state index contributed by atoms with van der Waals surface area (Å²) in [5, 5.41) is 0. The van der Waals surface area contributed by atoms with Crippen LogP contribution in [0.1, 0.15) is 42.5 Å². The Labute approximate surface area is 119 Å². The Morgan fingerprint density at radius 1 is 1.35 bits per heavy atom. The predicted molar refractivity (Wildman–Crippen MR) is 74.6 cm³/mol. The molecule has 0 bridgehead atoms. The summed E-state index contributed by atoms with van der Waals surface area (Å²) in [4.78, 5) is 10.8. The summed E-state index contributed by atoms with van der Waals surface area (Å²) in [7, 11) is 1.59. The van der Waals surface area contributed by atoms with E-state index in [2.05, 4.69) is 0 Å². The van der Waals surface area contributed by atoms with Crippen molar-refractivity contribution in [1.82, 2.24) is 0 Å². The fourth-order valence-corrected chi connectivity index (χ4v) is 3.04. The maximum absolute atomic E-state index is 10.8. The van der Waals surface area contributed by atoms with Crippen LogP contribution in [0.3, 0.4) is 0 Å². The molecular formula is C16H20O4. The number of benzene rings is 1. The molecule has 20 heavy (non-hydrogen) atoms. The molecule has 1 heterocycles. The zero-order valence-corrected chi connectivity index (χ0v) is 11.8. The van der Waals surface area contributed by atoms with Crippen LogP contribution in [0.4, 0.5) is 0 Å². The molecule has 1 unspecified atom stereocenters. The lowest BCUT2D eigenvalue weighted by Gasteiger charge is -2.46. The van der Waals surface area contributed by atoms with E-state index in [1.54, 1.807) is 19.2 Å². The second-order valence-corrected chi connectivity index (χ2v) is 5.65. The number of ether oxygens (including phenoxy) is 3. The molecule has 3 rings (SSSR count). The van der Waals surface area contributed by atoms with Crippen LogP contribution in [0.25, 0.3) is 0 Å². The number of rotatable bonds is 4. The standard InChI is InChI=1S/C16H20O4/c1-18-15-9-12(11-17)3-4-14(15)20-13-5-8-19-16(10-13)6-2-7-16/h3-4,9,11,13H,2,5-8,10H2,1H3. The van der Waals surface area contributed by atoms with Crippen LogP contribution < -0.4 is 9.47 Å². The van der Waals surface area contributed by atoms with Gasteiger partial charge in [0, 0.05) is 18.4 Å². The van der Waals surface area contributed by atoms with Gasteiger partial charge in [-0.1, -0.05) is 0 Å². The van der Waals surface area contributed by atoms with Crippen molar-refractivity contribution in [3.63, 3.8) is 0 Å². The van der Waals surface area contributed by atoms with Crippen LogP contribution in [0.2, 0.25) is 0 Å². The lowest BCUT2D eigenvalue weighted by atomic mass is 9.74. The summed E-state index contributed by atoms with van der Waals surface area (Å²) < 4.78 is 17.3. The van der Waals surface area contributed by atoms with Gasteiger partial charge >= 0.3 is 0 Å².